The molecule has 0 radical (unpaired) electrons. The molecule has 3 heterocycles. The van der Waals surface area contributed by atoms with Crippen molar-refractivity contribution in [3.05, 3.63) is 26.6 Å². The Hall–Kier alpha value is -1.38. The number of piperazine rings is 1. The predicted molar refractivity (Wildman–Crippen MR) is 126 cm³/mol. The van der Waals surface area contributed by atoms with Crippen molar-refractivity contribution < 1.29 is 4.79 Å². The van der Waals surface area contributed by atoms with Gasteiger partial charge in [0.25, 0.3) is 5.56 Å². The number of aryl methyl sites for hydroxylation is 2. The molecule has 1 amide bonds. The van der Waals surface area contributed by atoms with Crippen LogP contribution in [0.2, 0.25) is 0 Å². The van der Waals surface area contributed by atoms with Crippen molar-refractivity contribution >= 4 is 39.2 Å². The third kappa shape index (κ3) is 5.08. The Morgan fingerprint density at radius 3 is 2.73 bits per heavy atom. The van der Waals surface area contributed by atoms with E-state index in [0.29, 0.717) is 18.1 Å². The standard InChI is InChI=1S/C22H32N4O2S2/c1-15(2)13-25-8-10-26(11-9-25)19(27)7-12-29-14-18-23-21(28)20-16-5-3-4-6-17(16)30-22(20)24-18/h15H,3-14H2,1-2H3,(H,23,24,28). The monoisotopic (exact) mass is 448 g/mol. The highest BCUT2D eigenvalue weighted by Crippen LogP contribution is 2.33. The zero-order chi connectivity index (χ0) is 21.1. The number of nitrogens with zero attached hydrogens (tertiary/aromatic N) is 3. The van der Waals surface area contributed by atoms with Crippen LogP contribution in [0.3, 0.4) is 0 Å². The summed E-state index contributed by atoms with van der Waals surface area (Å²) in [6.45, 7) is 9.22. The SMILES string of the molecule is CC(C)CN1CCN(C(=O)CCSCc2nc3sc4c(c3c(=O)[nH]2)CCCC4)CC1. The molecule has 2 aromatic heterocycles. The lowest BCUT2D eigenvalue weighted by molar-refractivity contribution is -0.132. The Labute approximate surface area is 186 Å². The molecule has 1 fully saturated rings. The van der Waals surface area contributed by atoms with Gasteiger partial charge in [-0.15, -0.1) is 11.3 Å². The summed E-state index contributed by atoms with van der Waals surface area (Å²) in [5.41, 5.74) is 1.23. The van der Waals surface area contributed by atoms with Gasteiger partial charge in [0.2, 0.25) is 5.91 Å². The topological polar surface area (TPSA) is 69.3 Å². The van der Waals surface area contributed by atoms with E-state index >= 15 is 0 Å². The van der Waals surface area contributed by atoms with Gasteiger partial charge in [0, 0.05) is 49.8 Å². The normalized spacial score (nSPS) is 17.6. The van der Waals surface area contributed by atoms with Gasteiger partial charge in [-0.05, 0) is 37.2 Å². The van der Waals surface area contributed by atoms with Crippen molar-refractivity contribution in [2.45, 2.75) is 51.7 Å². The number of thiophene rings is 1. The summed E-state index contributed by atoms with van der Waals surface area (Å²) in [7, 11) is 0. The Kier molecular flexibility index (Phi) is 7.16. The molecule has 1 aliphatic heterocycles. The molecule has 30 heavy (non-hydrogen) atoms. The summed E-state index contributed by atoms with van der Waals surface area (Å²) in [5, 5.41) is 0.815. The average Bonchev–Trinajstić information content (AvgIpc) is 3.10. The fourth-order valence-corrected chi connectivity index (χ4v) is 6.53. The number of fused-ring (bicyclic) bond motifs is 3. The number of thioether (sulfide) groups is 1. The van der Waals surface area contributed by atoms with Crippen LogP contribution >= 0.6 is 23.1 Å². The van der Waals surface area contributed by atoms with E-state index < -0.39 is 0 Å². The first-order valence-electron chi connectivity index (χ1n) is 11.1. The largest absolute Gasteiger partial charge is 0.340 e. The molecule has 0 bridgehead atoms. The Balaban J connectivity index is 1.25. The van der Waals surface area contributed by atoms with E-state index in [-0.39, 0.29) is 11.5 Å². The molecule has 4 rings (SSSR count). The van der Waals surface area contributed by atoms with E-state index in [4.69, 9.17) is 4.98 Å². The van der Waals surface area contributed by atoms with Crippen LogP contribution in [-0.2, 0) is 23.4 Å². The number of nitrogens with one attached hydrogen (secondary N) is 1. The minimum Gasteiger partial charge on any atom is -0.340 e. The lowest BCUT2D eigenvalue weighted by atomic mass is 9.97. The maximum absolute atomic E-state index is 12.6. The van der Waals surface area contributed by atoms with Gasteiger partial charge >= 0.3 is 0 Å². The van der Waals surface area contributed by atoms with Crippen LogP contribution in [0.15, 0.2) is 4.79 Å². The summed E-state index contributed by atoms with van der Waals surface area (Å²) in [6.07, 6.45) is 5.00. The van der Waals surface area contributed by atoms with E-state index in [9.17, 15) is 9.59 Å². The highest BCUT2D eigenvalue weighted by Gasteiger charge is 2.22. The molecule has 164 valence electrons. The van der Waals surface area contributed by atoms with Crippen LogP contribution < -0.4 is 5.56 Å². The van der Waals surface area contributed by atoms with Gasteiger partial charge in [0.05, 0.1) is 11.1 Å². The van der Waals surface area contributed by atoms with Gasteiger partial charge < -0.3 is 9.88 Å². The summed E-state index contributed by atoms with van der Waals surface area (Å²) in [6, 6.07) is 0. The van der Waals surface area contributed by atoms with Gasteiger partial charge in [-0.1, -0.05) is 13.8 Å². The van der Waals surface area contributed by atoms with Crippen LogP contribution in [-0.4, -0.2) is 64.2 Å². The maximum Gasteiger partial charge on any atom is 0.259 e. The maximum atomic E-state index is 12.6. The summed E-state index contributed by atoms with van der Waals surface area (Å²) >= 11 is 3.36. The molecule has 1 aliphatic carbocycles. The number of carbonyl (C=O) groups excluding carboxylic acids is 1. The Bertz CT molecular complexity index is 944. The first kappa shape index (κ1) is 21.8. The number of rotatable bonds is 7. The number of hydrogen-bond acceptors (Lipinski definition) is 6. The molecule has 0 saturated carbocycles. The number of carbonyl (C=O) groups is 1. The van der Waals surface area contributed by atoms with Crippen LogP contribution in [0.4, 0.5) is 0 Å². The molecular weight excluding hydrogens is 416 g/mol. The van der Waals surface area contributed by atoms with E-state index in [0.717, 1.165) is 73.8 Å². The van der Waals surface area contributed by atoms with E-state index in [1.807, 2.05) is 4.90 Å². The molecule has 6 nitrogen and oxygen atoms in total. The van der Waals surface area contributed by atoms with Crippen molar-refractivity contribution in [2.24, 2.45) is 5.92 Å². The van der Waals surface area contributed by atoms with Crippen molar-refractivity contribution in [3.63, 3.8) is 0 Å². The number of aromatic amines is 1. The molecule has 0 atom stereocenters. The quantitative estimate of drug-likeness (QED) is 0.658. The van der Waals surface area contributed by atoms with Crippen molar-refractivity contribution in [2.75, 3.05) is 38.5 Å². The van der Waals surface area contributed by atoms with Crippen molar-refractivity contribution in [1.82, 2.24) is 19.8 Å². The van der Waals surface area contributed by atoms with E-state index in [1.165, 1.54) is 16.9 Å². The first-order chi connectivity index (χ1) is 14.5. The second-order valence-electron chi connectivity index (χ2n) is 8.78. The molecule has 2 aromatic rings. The van der Waals surface area contributed by atoms with Gasteiger partial charge in [0.15, 0.2) is 0 Å². The fraction of sp³-hybridized carbons (Fsp3) is 0.682. The third-order valence-corrected chi connectivity index (χ3v) is 8.08. The second-order valence-corrected chi connectivity index (χ2v) is 11.0. The number of amides is 1. The lowest BCUT2D eigenvalue weighted by Gasteiger charge is -2.35. The molecule has 0 aromatic carbocycles. The van der Waals surface area contributed by atoms with Crippen LogP contribution in [0.5, 0.6) is 0 Å². The Morgan fingerprint density at radius 2 is 1.97 bits per heavy atom. The minimum absolute atomic E-state index is 0.00495. The molecular formula is C22H32N4O2S2. The highest BCUT2D eigenvalue weighted by molar-refractivity contribution is 7.98. The van der Waals surface area contributed by atoms with Gasteiger partial charge in [0.1, 0.15) is 10.7 Å². The van der Waals surface area contributed by atoms with E-state index in [1.54, 1.807) is 23.1 Å². The molecule has 0 spiro atoms. The average molecular weight is 449 g/mol. The smallest absolute Gasteiger partial charge is 0.259 e. The second kappa shape index (κ2) is 9.83. The summed E-state index contributed by atoms with van der Waals surface area (Å²) in [4.78, 5) is 39.5. The van der Waals surface area contributed by atoms with Crippen molar-refractivity contribution in [3.8, 4) is 0 Å². The third-order valence-electron chi connectivity index (χ3n) is 5.92. The molecule has 2 aliphatic rings. The number of aromatic nitrogens is 2. The molecule has 1 N–H and O–H groups in total. The number of H-pyrrole nitrogens is 1. The zero-order valence-electron chi connectivity index (χ0n) is 18.0. The minimum atomic E-state index is 0.00495. The summed E-state index contributed by atoms with van der Waals surface area (Å²) < 4.78 is 0. The first-order valence-corrected chi connectivity index (χ1v) is 13.1. The molecule has 8 heteroatoms. The summed E-state index contributed by atoms with van der Waals surface area (Å²) in [5.74, 6) is 3.04. The fourth-order valence-electron chi connectivity index (χ4n) is 4.46. The zero-order valence-corrected chi connectivity index (χ0v) is 19.7. The van der Waals surface area contributed by atoms with Gasteiger partial charge in [-0.25, -0.2) is 4.98 Å². The van der Waals surface area contributed by atoms with Crippen LogP contribution in [0, 0.1) is 5.92 Å². The lowest BCUT2D eigenvalue weighted by Crippen LogP contribution is -2.49. The van der Waals surface area contributed by atoms with Crippen molar-refractivity contribution in [1.29, 1.82) is 0 Å². The predicted octanol–water partition coefficient (Wildman–Crippen LogP) is 3.29. The molecule has 0 unspecified atom stereocenters. The van der Waals surface area contributed by atoms with Crippen LogP contribution in [0.1, 0.15) is 49.4 Å². The van der Waals surface area contributed by atoms with Gasteiger partial charge in [-0.2, -0.15) is 11.8 Å². The van der Waals surface area contributed by atoms with Crippen LogP contribution in [0.25, 0.3) is 10.2 Å². The van der Waals surface area contributed by atoms with E-state index in [2.05, 4.69) is 23.7 Å². The Morgan fingerprint density at radius 1 is 1.20 bits per heavy atom. The molecule has 1 saturated heterocycles. The highest BCUT2D eigenvalue weighted by atomic mass is 32.2. The van der Waals surface area contributed by atoms with Gasteiger partial charge in [-0.3, -0.25) is 14.5 Å². The number of hydrogen-bond donors (Lipinski definition) is 1.